The van der Waals surface area contributed by atoms with Crippen LogP contribution < -0.4 is 5.32 Å². The molecule has 1 aromatic heterocycles. The van der Waals surface area contributed by atoms with Gasteiger partial charge in [0.2, 0.25) is 5.91 Å². The van der Waals surface area contributed by atoms with Gasteiger partial charge in [-0.15, -0.1) is 11.3 Å². The van der Waals surface area contributed by atoms with Gasteiger partial charge in [0, 0.05) is 23.2 Å². The van der Waals surface area contributed by atoms with Crippen LogP contribution in [0, 0.1) is 5.82 Å². The first kappa shape index (κ1) is 11.5. The highest BCUT2D eigenvalue weighted by Crippen LogP contribution is 2.11. The standard InChI is InChI=1S/C12H9FN2OS/c13-10-4-2-1-3-9(10)5-6-11(16)15-12-14-7-8-17-12/h1-8H,(H,14,15,16)/b6-5-. The van der Waals surface area contributed by atoms with Crippen molar-refractivity contribution in [2.24, 2.45) is 0 Å². The van der Waals surface area contributed by atoms with Crippen molar-refractivity contribution in [2.75, 3.05) is 5.32 Å². The highest BCUT2D eigenvalue weighted by atomic mass is 32.1. The van der Waals surface area contributed by atoms with E-state index in [-0.39, 0.29) is 11.7 Å². The van der Waals surface area contributed by atoms with E-state index in [4.69, 9.17) is 0 Å². The molecular formula is C12H9FN2OS. The highest BCUT2D eigenvalue weighted by Gasteiger charge is 2.00. The topological polar surface area (TPSA) is 42.0 Å². The van der Waals surface area contributed by atoms with Gasteiger partial charge in [-0.1, -0.05) is 18.2 Å². The number of nitrogens with zero attached hydrogens (tertiary/aromatic N) is 1. The summed E-state index contributed by atoms with van der Waals surface area (Å²) in [5.74, 6) is -0.686. The number of nitrogens with one attached hydrogen (secondary N) is 1. The van der Waals surface area contributed by atoms with Gasteiger partial charge in [-0.2, -0.15) is 0 Å². The van der Waals surface area contributed by atoms with Crippen molar-refractivity contribution in [1.29, 1.82) is 0 Å². The maximum Gasteiger partial charge on any atom is 0.250 e. The average Bonchev–Trinajstić information content (AvgIpc) is 2.81. The first-order valence-electron chi connectivity index (χ1n) is 4.89. The number of hydrogen-bond donors (Lipinski definition) is 1. The van der Waals surface area contributed by atoms with Crippen molar-refractivity contribution in [3.8, 4) is 0 Å². The van der Waals surface area contributed by atoms with Crippen molar-refractivity contribution < 1.29 is 9.18 Å². The summed E-state index contributed by atoms with van der Waals surface area (Å²) in [6.45, 7) is 0. The number of carbonyl (C=O) groups excluding carboxylic acids is 1. The Hall–Kier alpha value is -2.01. The lowest BCUT2D eigenvalue weighted by atomic mass is 10.2. The average molecular weight is 248 g/mol. The van der Waals surface area contributed by atoms with E-state index in [1.807, 2.05) is 0 Å². The zero-order valence-corrected chi connectivity index (χ0v) is 9.58. The maximum atomic E-state index is 13.2. The van der Waals surface area contributed by atoms with E-state index < -0.39 is 0 Å². The fourth-order valence-corrected chi connectivity index (χ4v) is 1.74. The maximum absolute atomic E-state index is 13.2. The minimum Gasteiger partial charge on any atom is -0.298 e. The molecule has 1 aromatic carbocycles. The van der Waals surface area contributed by atoms with Crippen molar-refractivity contribution in [3.05, 3.63) is 53.3 Å². The monoisotopic (exact) mass is 248 g/mol. The molecule has 0 fully saturated rings. The Labute approximate surface area is 102 Å². The van der Waals surface area contributed by atoms with Crippen LogP contribution in [0.3, 0.4) is 0 Å². The molecule has 5 heteroatoms. The Morgan fingerprint density at radius 3 is 2.94 bits per heavy atom. The number of aromatic nitrogens is 1. The summed E-state index contributed by atoms with van der Waals surface area (Å²) in [6, 6.07) is 6.25. The lowest BCUT2D eigenvalue weighted by molar-refractivity contribution is -0.111. The Kier molecular flexibility index (Phi) is 3.62. The number of halogens is 1. The Bertz CT molecular complexity index is 537. The summed E-state index contributed by atoms with van der Waals surface area (Å²) in [5, 5.41) is 4.85. The number of anilines is 1. The van der Waals surface area contributed by atoms with Crippen LogP contribution in [-0.2, 0) is 4.79 Å². The largest absolute Gasteiger partial charge is 0.298 e. The van der Waals surface area contributed by atoms with Gasteiger partial charge < -0.3 is 0 Å². The van der Waals surface area contributed by atoms with Crippen LogP contribution in [0.25, 0.3) is 6.08 Å². The fourth-order valence-electron chi connectivity index (χ4n) is 1.21. The summed E-state index contributed by atoms with van der Waals surface area (Å²) in [7, 11) is 0. The molecular weight excluding hydrogens is 239 g/mol. The minimum atomic E-state index is -0.356. The molecule has 0 saturated heterocycles. The van der Waals surface area contributed by atoms with Crippen molar-refractivity contribution >= 4 is 28.5 Å². The third-order valence-electron chi connectivity index (χ3n) is 1.98. The van der Waals surface area contributed by atoms with E-state index in [9.17, 15) is 9.18 Å². The SMILES string of the molecule is O=C(/C=C\c1ccccc1F)Nc1nccs1. The molecule has 0 aliphatic carbocycles. The summed E-state index contributed by atoms with van der Waals surface area (Å²) in [6.07, 6.45) is 4.30. The molecule has 17 heavy (non-hydrogen) atoms. The number of amides is 1. The predicted octanol–water partition coefficient (Wildman–Crippen LogP) is 2.93. The Morgan fingerprint density at radius 2 is 2.24 bits per heavy atom. The van der Waals surface area contributed by atoms with Crippen LogP contribution in [0.15, 0.2) is 41.9 Å². The second kappa shape index (κ2) is 5.36. The van der Waals surface area contributed by atoms with Gasteiger partial charge in [0.15, 0.2) is 5.13 Å². The Morgan fingerprint density at radius 1 is 1.41 bits per heavy atom. The smallest absolute Gasteiger partial charge is 0.250 e. The first-order valence-corrected chi connectivity index (χ1v) is 5.77. The molecule has 0 saturated carbocycles. The van der Waals surface area contributed by atoms with E-state index in [0.717, 1.165) is 0 Å². The van der Waals surface area contributed by atoms with Crippen molar-refractivity contribution in [1.82, 2.24) is 4.98 Å². The summed E-state index contributed by atoms with van der Waals surface area (Å²) in [5.41, 5.74) is 0.377. The molecule has 0 radical (unpaired) electrons. The van der Waals surface area contributed by atoms with Gasteiger partial charge in [0.1, 0.15) is 5.82 Å². The van der Waals surface area contributed by atoms with Gasteiger partial charge in [-0.25, -0.2) is 9.37 Å². The second-order valence-corrected chi connectivity index (χ2v) is 4.08. The van der Waals surface area contributed by atoms with Gasteiger partial charge in [0.25, 0.3) is 0 Å². The van der Waals surface area contributed by atoms with Gasteiger partial charge >= 0.3 is 0 Å². The normalized spacial score (nSPS) is 10.6. The van der Waals surface area contributed by atoms with Crippen molar-refractivity contribution in [2.45, 2.75) is 0 Å². The van der Waals surface area contributed by atoms with E-state index in [1.165, 1.54) is 29.6 Å². The van der Waals surface area contributed by atoms with Gasteiger partial charge in [0.05, 0.1) is 0 Å². The molecule has 0 unspecified atom stereocenters. The quantitative estimate of drug-likeness (QED) is 0.848. The first-order chi connectivity index (χ1) is 8.25. The molecule has 3 nitrogen and oxygen atoms in total. The number of thiazole rings is 1. The number of benzene rings is 1. The molecule has 1 N–H and O–H groups in total. The van der Waals surface area contributed by atoms with Crippen LogP contribution in [-0.4, -0.2) is 10.9 Å². The van der Waals surface area contributed by atoms with Crippen LogP contribution in [0.2, 0.25) is 0 Å². The van der Waals surface area contributed by atoms with Crippen LogP contribution >= 0.6 is 11.3 Å². The molecule has 2 rings (SSSR count). The Balaban J connectivity index is 2.01. The molecule has 1 amide bonds. The second-order valence-electron chi connectivity index (χ2n) is 3.18. The number of rotatable bonds is 3. The van der Waals surface area contributed by atoms with E-state index in [1.54, 1.807) is 29.8 Å². The number of hydrogen-bond acceptors (Lipinski definition) is 3. The number of carbonyl (C=O) groups is 1. The minimum absolute atomic E-state index is 0.330. The highest BCUT2D eigenvalue weighted by molar-refractivity contribution is 7.13. The molecule has 86 valence electrons. The molecule has 0 atom stereocenters. The molecule has 1 heterocycles. The van der Waals surface area contributed by atoms with Crippen LogP contribution in [0.5, 0.6) is 0 Å². The summed E-state index contributed by atoms with van der Waals surface area (Å²) in [4.78, 5) is 15.3. The third kappa shape index (κ3) is 3.22. The zero-order valence-electron chi connectivity index (χ0n) is 8.76. The summed E-state index contributed by atoms with van der Waals surface area (Å²) < 4.78 is 13.2. The van der Waals surface area contributed by atoms with Crippen LogP contribution in [0.1, 0.15) is 5.56 Å². The molecule has 0 aliphatic rings. The lowest BCUT2D eigenvalue weighted by Crippen LogP contribution is -2.07. The van der Waals surface area contributed by atoms with E-state index in [2.05, 4.69) is 10.3 Å². The van der Waals surface area contributed by atoms with Gasteiger partial charge in [-0.05, 0) is 12.1 Å². The summed E-state index contributed by atoms with van der Waals surface area (Å²) >= 11 is 1.33. The van der Waals surface area contributed by atoms with E-state index in [0.29, 0.717) is 10.7 Å². The molecule has 0 bridgehead atoms. The molecule has 2 aromatic rings. The molecule has 0 spiro atoms. The van der Waals surface area contributed by atoms with Crippen LogP contribution in [0.4, 0.5) is 9.52 Å². The van der Waals surface area contributed by atoms with E-state index >= 15 is 0 Å². The third-order valence-corrected chi connectivity index (χ3v) is 2.67. The molecule has 0 aliphatic heterocycles. The predicted molar refractivity (Wildman–Crippen MR) is 66.2 cm³/mol. The van der Waals surface area contributed by atoms with Crippen molar-refractivity contribution in [3.63, 3.8) is 0 Å². The zero-order chi connectivity index (χ0) is 12.1. The van der Waals surface area contributed by atoms with Gasteiger partial charge in [-0.3, -0.25) is 10.1 Å². The lowest BCUT2D eigenvalue weighted by Gasteiger charge is -1.96. The fraction of sp³-hybridized carbons (Fsp3) is 0.